The molecule has 1 aliphatic rings. The summed E-state index contributed by atoms with van der Waals surface area (Å²) >= 11 is 0. The van der Waals surface area contributed by atoms with E-state index in [0.717, 1.165) is 11.1 Å². The number of aliphatic hydroxyl groups is 1. The first kappa shape index (κ1) is 16.9. The van der Waals surface area contributed by atoms with Crippen LogP contribution in [0.25, 0.3) is 0 Å². The number of hydrogen-bond acceptors (Lipinski definition) is 4. The van der Waals surface area contributed by atoms with E-state index in [1.54, 1.807) is 25.4 Å². The monoisotopic (exact) mass is 336 g/mol. The van der Waals surface area contributed by atoms with Gasteiger partial charge < -0.3 is 5.11 Å². The molecule has 3 rings (SSSR count). The van der Waals surface area contributed by atoms with E-state index in [1.165, 1.54) is 4.90 Å². The summed E-state index contributed by atoms with van der Waals surface area (Å²) < 4.78 is 0. The molecule has 1 N–H and O–H groups in total. The quantitative estimate of drug-likeness (QED) is 0.926. The summed E-state index contributed by atoms with van der Waals surface area (Å²) in [6.07, 6.45) is 3.47. The first-order valence-corrected chi connectivity index (χ1v) is 8.22. The van der Waals surface area contributed by atoms with Gasteiger partial charge in [0.05, 0.1) is 11.6 Å². The largest absolute Gasteiger partial charge is 0.503 e. The van der Waals surface area contributed by atoms with Gasteiger partial charge in [-0.05, 0) is 42.7 Å². The molecule has 0 saturated carbocycles. The van der Waals surface area contributed by atoms with Crippen LogP contribution in [0.1, 0.15) is 36.1 Å². The summed E-state index contributed by atoms with van der Waals surface area (Å²) in [6, 6.07) is 8.67. The molecule has 0 bridgehead atoms. The summed E-state index contributed by atoms with van der Waals surface area (Å²) in [4.78, 5) is 30.9. The zero-order valence-corrected chi connectivity index (χ0v) is 14.5. The van der Waals surface area contributed by atoms with E-state index in [4.69, 9.17) is 0 Å². The molecular formula is C20H20N2O3. The number of carbonyl (C=O) groups excluding carboxylic acids is 2. The highest BCUT2D eigenvalue weighted by atomic mass is 16.3. The van der Waals surface area contributed by atoms with Gasteiger partial charge in [-0.25, -0.2) is 0 Å². The number of hydrogen-bond donors (Lipinski definition) is 1. The van der Waals surface area contributed by atoms with Crippen molar-refractivity contribution in [1.82, 2.24) is 4.98 Å². The zero-order chi connectivity index (χ0) is 18.1. The third-order valence-electron chi connectivity index (χ3n) is 4.45. The highest BCUT2D eigenvalue weighted by Gasteiger charge is 2.44. The maximum atomic E-state index is 12.8. The van der Waals surface area contributed by atoms with E-state index < -0.39 is 17.7 Å². The number of Topliss-reactive ketones (excluding diaryl/α,β-unsaturated/α-hetero) is 1. The lowest BCUT2D eigenvalue weighted by Gasteiger charge is -2.28. The lowest BCUT2D eigenvalue weighted by molar-refractivity contribution is -0.118. The lowest BCUT2D eigenvalue weighted by atomic mass is 9.95. The van der Waals surface area contributed by atoms with E-state index in [9.17, 15) is 14.7 Å². The van der Waals surface area contributed by atoms with Crippen molar-refractivity contribution in [3.63, 3.8) is 0 Å². The smallest absolute Gasteiger partial charge is 0.294 e. The standard InChI is InChI=1S/C20H20N2O3/c1-4-16(23)17-18(14-6-5-9-21-11-14)22(20(25)19(17)24)15-10-12(2)7-8-13(15)3/h5-11,18,24H,4H2,1-3H3. The minimum Gasteiger partial charge on any atom is -0.503 e. The molecule has 0 radical (unpaired) electrons. The number of aromatic nitrogens is 1. The topological polar surface area (TPSA) is 70.5 Å². The number of rotatable bonds is 4. The fraction of sp³-hybridized carbons (Fsp3) is 0.250. The molecule has 1 aromatic heterocycles. The first-order chi connectivity index (χ1) is 12.0. The predicted octanol–water partition coefficient (Wildman–Crippen LogP) is 3.58. The zero-order valence-electron chi connectivity index (χ0n) is 14.5. The van der Waals surface area contributed by atoms with Crippen LogP contribution in [0.2, 0.25) is 0 Å². The van der Waals surface area contributed by atoms with Crippen molar-refractivity contribution >= 4 is 17.4 Å². The van der Waals surface area contributed by atoms with Crippen LogP contribution >= 0.6 is 0 Å². The van der Waals surface area contributed by atoms with Gasteiger partial charge in [-0.3, -0.25) is 19.5 Å². The van der Waals surface area contributed by atoms with Gasteiger partial charge in [0.2, 0.25) is 0 Å². The minimum absolute atomic E-state index is 0.140. The molecule has 1 atom stereocenters. The molecule has 128 valence electrons. The van der Waals surface area contributed by atoms with Crippen molar-refractivity contribution in [2.75, 3.05) is 4.90 Å². The van der Waals surface area contributed by atoms with E-state index in [1.807, 2.05) is 38.1 Å². The molecule has 0 aliphatic carbocycles. The van der Waals surface area contributed by atoms with Crippen LogP contribution in [-0.4, -0.2) is 21.8 Å². The van der Waals surface area contributed by atoms with Gasteiger partial charge >= 0.3 is 0 Å². The van der Waals surface area contributed by atoms with E-state index in [0.29, 0.717) is 11.3 Å². The fourth-order valence-electron chi connectivity index (χ4n) is 3.16. The molecule has 0 saturated heterocycles. The van der Waals surface area contributed by atoms with E-state index in [-0.39, 0.29) is 17.8 Å². The summed E-state index contributed by atoms with van der Waals surface area (Å²) in [5.41, 5.74) is 3.40. The Morgan fingerprint density at radius 3 is 2.68 bits per heavy atom. The van der Waals surface area contributed by atoms with Crippen molar-refractivity contribution in [1.29, 1.82) is 0 Å². The summed E-state index contributed by atoms with van der Waals surface area (Å²) in [5, 5.41) is 10.4. The van der Waals surface area contributed by atoms with Gasteiger partial charge in [-0.1, -0.05) is 25.1 Å². The molecule has 2 heterocycles. The number of ketones is 1. The van der Waals surface area contributed by atoms with Gasteiger partial charge in [-0.15, -0.1) is 0 Å². The lowest BCUT2D eigenvalue weighted by Crippen LogP contribution is -2.31. The van der Waals surface area contributed by atoms with Gasteiger partial charge in [-0.2, -0.15) is 0 Å². The Labute approximate surface area is 146 Å². The fourth-order valence-corrected chi connectivity index (χ4v) is 3.16. The number of benzene rings is 1. The third-order valence-corrected chi connectivity index (χ3v) is 4.45. The third kappa shape index (κ3) is 2.82. The average molecular weight is 336 g/mol. The Morgan fingerprint density at radius 1 is 1.28 bits per heavy atom. The number of aliphatic hydroxyl groups excluding tert-OH is 1. The van der Waals surface area contributed by atoms with Crippen LogP contribution in [0.15, 0.2) is 54.1 Å². The van der Waals surface area contributed by atoms with Crippen molar-refractivity contribution in [3.05, 3.63) is 70.7 Å². The van der Waals surface area contributed by atoms with E-state index >= 15 is 0 Å². The molecule has 25 heavy (non-hydrogen) atoms. The number of pyridine rings is 1. The minimum atomic E-state index is -0.672. The molecule has 1 amide bonds. The molecule has 2 aromatic rings. The molecule has 5 nitrogen and oxygen atoms in total. The normalized spacial score (nSPS) is 17.3. The van der Waals surface area contributed by atoms with Crippen LogP contribution in [0.5, 0.6) is 0 Å². The maximum Gasteiger partial charge on any atom is 0.294 e. The first-order valence-electron chi connectivity index (χ1n) is 8.22. The van der Waals surface area contributed by atoms with Crippen molar-refractivity contribution < 1.29 is 14.7 Å². The second kappa shape index (κ2) is 6.51. The number of anilines is 1. The number of nitrogens with zero attached hydrogens (tertiary/aromatic N) is 2. The Balaban J connectivity index is 2.22. The molecule has 5 heteroatoms. The maximum absolute atomic E-state index is 12.8. The highest BCUT2D eigenvalue weighted by Crippen LogP contribution is 2.42. The molecule has 1 aliphatic heterocycles. The van der Waals surface area contributed by atoms with Crippen molar-refractivity contribution in [2.24, 2.45) is 0 Å². The van der Waals surface area contributed by atoms with E-state index in [2.05, 4.69) is 4.98 Å². The van der Waals surface area contributed by atoms with Crippen LogP contribution in [0.4, 0.5) is 5.69 Å². The summed E-state index contributed by atoms with van der Waals surface area (Å²) in [5.74, 6) is -1.27. The number of amides is 1. The Bertz CT molecular complexity index is 872. The summed E-state index contributed by atoms with van der Waals surface area (Å²) in [6.45, 7) is 5.56. The molecular weight excluding hydrogens is 316 g/mol. The molecule has 1 aromatic carbocycles. The van der Waals surface area contributed by atoms with Gasteiger partial charge in [0.15, 0.2) is 11.5 Å². The van der Waals surface area contributed by atoms with Crippen molar-refractivity contribution in [3.8, 4) is 0 Å². The SMILES string of the molecule is CCC(=O)C1=C(O)C(=O)N(c2cc(C)ccc2C)C1c1cccnc1. The number of aryl methyl sites for hydroxylation is 2. The molecule has 0 spiro atoms. The van der Waals surface area contributed by atoms with Gasteiger partial charge in [0.1, 0.15) is 0 Å². The van der Waals surface area contributed by atoms with Crippen LogP contribution in [-0.2, 0) is 9.59 Å². The van der Waals surface area contributed by atoms with Crippen LogP contribution < -0.4 is 4.90 Å². The van der Waals surface area contributed by atoms with Gasteiger partial charge in [0, 0.05) is 24.5 Å². The van der Waals surface area contributed by atoms with Gasteiger partial charge in [0.25, 0.3) is 5.91 Å². The summed E-state index contributed by atoms with van der Waals surface area (Å²) in [7, 11) is 0. The predicted molar refractivity (Wildman–Crippen MR) is 95.3 cm³/mol. The second-order valence-electron chi connectivity index (χ2n) is 6.19. The average Bonchev–Trinajstić information content (AvgIpc) is 2.88. The highest BCUT2D eigenvalue weighted by molar-refractivity contribution is 6.16. The van der Waals surface area contributed by atoms with Crippen LogP contribution in [0, 0.1) is 13.8 Å². The molecule has 1 unspecified atom stereocenters. The Hall–Kier alpha value is -2.95. The second-order valence-corrected chi connectivity index (χ2v) is 6.19. The number of carbonyl (C=O) groups is 2. The molecule has 0 fully saturated rings. The van der Waals surface area contributed by atoms with Crippen molar-refractivity contribution in [2.45, 2.75) is 33.2 Å². The van der Waals surface area contributed by atoms with Crippen LogP contribution in [0.3, 0.4) is 0 Å². The Morgan fingerprint density at radius 2 is 2.04 bits per heavy atom. The Kier molecular flexibility index (Phi) is 4.40.